The fourth-order valence-corrected chi connectivity index (χ4v) is 3.99. The summed E-state index contributed by atoms with van der Waals surface area (Å²) >= 11 is 0. The van der Waals surface area contributed by atoms with Crippen molar-refractivity contribution in [3.05, 3.63) is 23.9 Å². The highest BCUT2D eigenvalue weighted by molar-refractivity contribution is 7.91. The molecule has 0 aliphatic carbocycles. The number of hydrogen-bond donors (Lipinski definition) is 1. The maximum absolute atomic E-state index is 11.5. The van der Waals surface area contributed by atoms with Gasteiger partial charge in [0.05, 0.1) is 17.2 Å². The van der Waals surface area contributed by atoms with Crippen molar-refractivity contribution < 1.29 is 8.42 Å². The zero-order valence-electron chi connectivity index (χ0n) is 10.8. The summed E-state index contributed by atoms with van der Waals surface area (Å²) in [4.78, 5) is 6.50. The predicted octanol–water partition coefficient (Wildman–Crippen LogP) is 0.424. The summed E-state index contributed by atoms with van der Waals surface area (Å²) in [5.74, 6) is 1.37. The van der Waals surface area contributed by atoms with Gasteiger partial charge in [-0.1, -0.05) is 6.07 Å². The molecule has 1 N–H and O–H groups in total. The molecule has 0 aromatic carbocycles. The quantitative estimate of drug-likeness (QED) is 0.858. The van der Waals surface area contributed by atoms with Crippen LogP contribution in [0.5, 0.6) is 0 Å². The monoisotopic (exact) mass is 269 g/mol. The van der Waals surface area contributed by atoms with Crippen molar-refractivity contribution in [3.8, 4) is 0 Å². The van der Waals surface area contributed by atoms with Crippen LogP contribution in [0.3, 0.4) is 0 Å². The van der Waals surface area contributed by atoms with E-state index in [2.05, 4.69) is 10.3 Å². The largest absolute Gasteiger partial charge is 0.356 e. The Morgan fingerprint density at radius 1 is 1.50 bits per heavy atom. The minimum Gasteiger partial charge on any atom is -0.356 e. The van der Waals surface area contributed by atoms with Gasteiger partial charge in [0.25, 0.3) is 0 Å². The van der Waals surface area contributed by atoms with Crippen LogP contribution in [0.15, 0.2) is 18.2 Å². The summed E-state index contributed by atoms with van der Waals surface area (Å²) in [5.41, 5.74) is 0.961. The van der Waals surface area contributed by atoms with Gasteiger partial charge in [0.1, 0.15) is 5.82 Å². The fourth-order valence-electron chi connectivity index (χ4n) is 2.21. The number of aromatic nitrogens is 1. The molecule has 2 heterocycles. The molecule has 1 saturated heterocycles. The SMILES string of the molecule is CNCc1cccc(N(C)C2CCS(=O)(=O)C2)n1. The highest BCUT2D eigenvalue weighted by atomic mass is 32.2. The highest BCUT2D eigenvalue weighted by Crippen LogP contribution is 2.21. The second kappa shape index (κ2) is 5.24. The van der Waals surface area contributed by atoms with Crippen LogP contribution in [0.1, 0.15) is 12.1 Å². The second-order valence-corrected chi connectivity index (χ2v) is 6.91. The Bertz CT molecular complexity index is 516. The van der Waals surface area contributed by atoms with Crippen LogP contribution in [-0.2, 0) is 16.4 Å². The first kappa shape index (κ1) is 13.3. The molecule has 6 heteroatoms. The van der Waals surface area contributed by atoms with Crippen molar-refractivity contribution in [1.82, 2.24) is 10.3 Å². The lowest BCUT2D eigenvalue weighted by molar-refractivity contribution is 0.600. The molecule has 1 fully saturated rings. The molecule has 1 aromatic heterocycles. The lowest BCUT2D eigenvalue weighted by atomic mass is 10.2. The number of nitrogens with one attached hydrogen (secondary N) is 1. The third-order valence-corrected chi connectivity index (χ3v) is 5.02. The van der Waals surface area contributed by atoms with Crippen molar-refractivity contribution in [2.45, 2.75) is 19.0 Å². The average Bonchev–Trinajstić information content (AvgIpc) is 2.70. The summed E-state index contributed by atoms with van der Waals surface area (Å²) in [7, 11) is 0.940. The molecule has 1 aromatic rings. The third kappa shape index (κ3) is 3.00. The lowest BCUT2D eigenvalue weighted by Gasteiger charge is -2.24. The highest BCUT2D eigenvalue weighted by Gasteiger charge is 2.31. The maximum atomic E-state index is 11.5. The maximum Gasteiger partial charge on any atom is 0.152 e. The van der Waals surface area contributed by atoms with Crippen LogP contribution in [0, 0.1) is 0 Å². The number of sulfone groups is 1. The average molecular weight is 269 g/mol. The van der Waals surface area contributed by atoms with E-state index in [1.165, 1.54) is 0 Å². The number of anilines is 1. The van der Waals surface area contributed by atoms with E-state index in [0.717, 1.165) is 11.5 Å². The molecule has 100 valence electrons. The van der Waals surface area contributed by atoms with Gasteiger partial charge < -0.3 is 10.2 Å². The minimum absolute atomic E-state index is 0.0485. The van der Waals surface area contributed by atoms with Crippen LogP contribution in [0.4, 0.5) is 5.82 Å². The number of pyridine rings is 1. The molecule has 18 heavy (non-hydrogen) atoms. The van der Waals surface area contributed by atoms with Crippen molar-refractivity contribution in [2.24, 2.45) is 0 Å². The predicted molar refractivity (Wildman–Crippen MR) is 72.5 cm³/mol. The molecular weight excluding hydrogens is 250 g/mol. The van der Waals surface area contributed by atoms with E-state index in [-0.39, 0.29) is 17.5 Å². The van der Waals surface area contributed by atoms with Crippen LogP contribution >= 0.6 is 0 Å². The Hall–Kier alpha value is -1.14. The molecule has 5 nitrogen and oxygen atoms in total. The van der Waals surface area contributed by atoms with Crippen LogP contribution in [0.25, 0.3) is 0 Å². The molecule has 1 aliphatic rings. The van der Waals surface area contributed by atoms with E-state index < -0.39 is 9.84 Å². The summed E-state index contributed by atoms with van der Waals surface area (Å²) in [6.45, 7) is 0.713. The second-order valence-electron chi connectivity index (χ2n) is 4.69. The van der Waals surface area contributed by atoms with Crippen LogP contribution < -0.4 is 10.2 Å². The van der Waals surface area contributed by atoms with Gasteiger partial charge in [0.2, 0.25) is 0 Å². The minimum atomic E-state index is -2.85. The number of nitrogens with zero attached hydrogens (tertiary/aromatic N) is 2. The Balaban J connectivity index is 2.13. The van der Waals surface area contributed by atoms with Crippen LogP contribution in [-0.4, -0.2) is 45.0 Å². The van der Waals surface area contributed by atoms with Crippen molar-refractivity contribution >= 4 is 15.7 Å². The smallest absolute Gasteiger partial charge is 0.152 e. The van der Waals surface area contributed by atoms with E-state index in [0.29, 0.717) is 13.0 Å². The van der Waals surface area contributed by atoms with Gasteiger partial charge in [-0.25, -0.2) is 13.4 Å². The van der Waals surface area contributed by atoms with Gasteiger partial charge >= 0.3 is 0 Å². The molecule has 0 bridgehead atoms. The van der Waals surface area contributed by atoms with Crippen molar-refractivity contribution in [1.29, 1.82) is 0 Å². The van der Waals surface area contributed by atoms with Crippen molar-refractivity contribution in [2.75, 3.05) is 30.5 Å². The fraction of sp³-hybridized carbons (Fsp3) is 0.583. The molecule has 0 saturated carbocycles. The zero-order valence-corrected chi connectivity index (χ0v) is 11.6. The van der Waals surface area contributed by atoms with E-state index in [4.69, 9.17) is 0 Å². The van der Waals surface area contributed by atoms with Gasteiger partial charge in [-0.2, -0.15) is 0 Å². The molecule has 1 aliphatic heterocycles. The topological polar surface area (TPSA) is 62.3 Å². The molecule has 2 rings (SSSR count). The standard InChI is InChI=1S/C12H19N3O2S/c1-13-8-10-4-3-5-12(14-10)15(2)11-6-7-18(16,17)9-11/h3-5,11,13H,6-9H2,1-2H3. The van der Waals surface area contributed by atoms with E-state index in [1.807, 2.05) is 37.2 Å². The van der Waals surface area contributed by atoms with Crippen molar-refractivity contribution in [3.63, 3.8) is 0 Å². The summed E-state index contributed by atoms with van der Waals surface area (Å²) < 4.78 is 23.0. The Labute approximate surface area is 108 Å². The van der Waals surface area contributed by atoms with E-state index in [1.54, 1.807) is 0 Å². The Morgan fingerprint density at radius 2 is 2.28 bits per heavy atom. The molecular formula is C12H19N3O2S. The molecule has 0 radical (unpaired) electrons. The first-order chi connectivity index (χ1) is 8.52. The first-order valence-corrected chi connectivity index (χ1v) is 7.88. The van der Waals surface area contributed by atoms with E-state index in [9.17, 15) is 8.42 Å². The van der Waals surface area contributed by atoms with Gasteiger partial charge in [-0.05, 0) is 25.6 Å². The molecule has 1 atom stereocenters. The number of hydrogen-bond acceptors (Lipinski definition) is 5. The zero-order chi connectivity index (χ0) is 13.2. The van der Waals surface area contributed by atoms with Gasteiger partial charge in [-0.15, -0.1) is 0 Å². The molecule has 0 spiro atoms. The van der Waals surface area contributed by atoms with E-state index >= 15 is 0 Å². The summed E-state index contributed by atoms with van der Waals surface area (Å²) in [6, 6.07) is 5.88. The lowest BCUT2D eigenvalue weighted by Crippen LogP contribution is -2.33. The van der Waals surface area contributed by atoms with Gasteiger partial charge in [0.15, 0.2) is 9.84 Å². The number of rotatable bonds is 4. The molecule has 1 unspecified atom stereocenters. The Morgan fingerprint density at radius 3 is 2.89 bits per heavy atom. The van der Waals surface area contributed by atoms with Crippen LogP contribution in [0.2, 0.25) is 0 Å². The normalized spacial score (nSPS) is 22.0. The summed E-state index contributed by atoms with van der Waals surface area (Å²) in [6.07, 6.45) is 0.691. The van der Waals surface area contributed by atoms with Gasteiger partial charge in [0, 0.05) is 19.6 Å². The first-order valence-electron chi connectivity index (χ1n) is 6.05. The third-order valence-electron chi connectivity index (χ3n) is 3.27. The Kier molecular flexibility index (Phi) is 3.87. The van der Waals surface area contributed by atoms with Gasteiger partial charge in [-0.3, -0.25) is 0 Å². The molecule has 0 amide bonds. The summed E-state index contributed by atoms with van der Waals surface area (Å²) in [5, 5.41) is 3.06.